The van der Waals surface area contributed by atoms with Gasteiger partial charge in [-0.05, 0) is 31.4 Å². The molecule has 0 saturated heterocycles. The van der Waals surface area contributed by atoms with Crippen LogP contribution in [0.2, 0.25) is 0 Å². The number of furan rings is 1. The van der Waals surface area contributed by atoms with Gasteiger partial charge in [-0.25, -0.2) is 0 Å². The van der Waals surface area contributed by atoms with E-state index in [4.69, 9.17) is 4.42 Å². The number of nitrogens with zero attached hydrogens (tertiary/aromatic N) is 1. The monoisotopic (exact) mass is 262 g/mol. The Morgan fingerprint density at radius 1 is 1.53 bits per heavy atom. The third-order valence-electron chi connectivity index (χ3n) is 3.38. The van der Waals surface area contributed by atoms with Crippen molar-refractivity contribution in [1.82, 2.24) is 10.2 Å². The fourth-order valence-electron chi connectivity index (χ4n) is 2.26. The Morgan fingerprint density at radius 2 is 2.32 bits per heavy atom. The van der Waals surface area contributed by atoms with Crippen LogP contribution in [0.25, 0.3) is 0 Å². The van der Waals surface area contributed by atoms with Crippen LogP contribution in [-0.2, 0) is 13.1 Å². The molecule has 3 heteroatoms. The zero-order chi connectivity index (χ0) is 13.7. The quantitative estimate of drug-likeness (QED) is 0.693. The molecule has 0 bridgehead atoms. The molecule has 0 aliphatic heterocycles. The van der Waals surface area contributed by atoms with Gasteiger partial charge in [0.2, 0.25) is 0 Å². The van der Waals surface area contributed by atoms with E-state index >= 15 is 0 Å². The van der Waals surface area contributed by atoms with Crippen molar-refractivity contribution in [2.45, 2.75) is 45.8 Å². The fraction of sp³-hybridized carbons (Fsp3) is 0.625. The molecule has 2 rings (SSSR count). The molecule has 1 N–H and O–H groups in total. The zero-order valence-corrected chi connectivity index (χ0v) is 12.2. The molecule has 0 unspecified atom stereocenters. The fourth-order valence-corrected chi connectivity index (χ4v) is 2.26. The third kappa shape index (κ3) is 4.84. The van der Waals surface area contributed by atoms with Gasteiger partial charge in [0, 0.05) is 24.7 Å². The average molecular weight is 262 g/mol. The van der Waals surface area contributed by atoms with Crippen molar-refractivity contribution in [1.29, 1.82) is 0 Å². The second-order valence-corrected chi connectivity index (χ2v) is 5.90. The van der Waals surface area contributed by atoms with Crippen LogP contribution in [0.15, 0.2) is 29.4 Å². The van der Waals surface area contributed by atoms with Crippen LogP contribution in [0.1, 0.15) is 38.0 Å². The van der Waals surface area contributed by atoms with Gasteiger partial charge in [0.25, 0.3) is 0 Å². The molecule has 1 heterocycles. The Hall–Kier alpha value is -1.06. The molecule has 1 saturated carbocycles. The molecule has 0 aromatic carbocycles. The van der Waals surface area contributed by atoms with E-state index in [2.05, 4.69) is 36.7 Å². The summed E-state index contributed by atoms with van der Waals surface area (Å²) in [6.45, 7) is 12.1. The first-order valence-corrected chi connectivity index (χ1v) is 7.31. The predicted molar refractivity (Wildman–Crippen MR) is 78.9 cm³/mol. The molecule has 1 fully saturated rings. The summed E-state index contributed by atoms with van der Waals surface area (Å²) in [4.78, 5) is 2.44. The van der Waals surface area contributed by atoms with E-state index in [1.165, 1.54) is 18.4 Å². The van der Waals surface area contributed by atoms with Gasteiger partial charge in [-0.3, -0.25) is 4.90 Å². The normalized spacial score (nSPS) is 15.4. The summed E-state index contributed by atoms with van der Waals surface area (Å²) in [7, 11) is 0. The molecule has 1 aromatic rings. The number of hydrogen-bond donors (Lipinski definition) is 1. The third-order valence-corrected chi connectivity index (χ3v) is 3.38. The summed E-state index contributed by atoms with van der Waals surface area (Å²) in [5, 5.41) is 3.44. The lowest BCUT2D eigenvalue weighted by Crippen LogP contribution is -2.25. The van der Waals surface area contributed by atoms with Gasteiger partial charge < -0.3 is 9.73 Å². The van der Waals surface area contributed by atoms with Gasteiger partial charge >= 0.3 is 0 Å². The Morgan fingerprint density at radius 3 is 2.95 bits per heavy atom. The zero-order valence-electron chi connectivity index (χ0n) is 12.2. The Balaban J connectivity index is 1.80. The topological polar surface area (TPSA) is 28.4 Å². The second kappa shape index (κ2) is 6.92. The maximum Gasteiger partial charge on any atom is 0.118 e. The SMILES string of the molecule is C=CCN(Cc1cc(CNCC(C)C)co1)C1CC1. The van der Waals surface area contributed by atoms with E-state index in [1.807, 2.05) is 12.3 Å². The van der Waals surface area contributed by atoms with E-state index in [0.717, 1.165) is 38.0 Å². The second-order valence-electron chi connectivity index (χ2n) is 5.90. The lowest BCUT2D eigenvalue weighted by Gasteiger charge is -2.18. The van der Waals surface area contributed by atoms with Crippen LogP contribution in [0.4, 0.5) is 0 Å². The molecule has 19 heavy (non-hydrogen) atoms. The Labute approximate surface area is 116 Å². The molecule has 0 atom stereocenters. The highest BCUT2D eigenvalue weighted by atomic mass is 16.3. The van der Waals surface area contributed by atoms with Gasteiger partial charge in [0.1, 0.15) is 5.76 Å². The maximum atomic E-state index is 5.66. The smallest absolute Gasteiger partial charge is 0.118 e. The molecule has 1 aliphatic carbocycles. The predicted octanol–water partition coefficient (Wildman–Crippen LogP) is 3.18. The average Bonchev–Trinajstić information content (AvgIpc) is 3.11. The summed E-state index contributed by atoms with van der Waals surface area (Å²) in [6, 6.07) is 2.91. The standard InChI is InChI=1S/C16H26N2O/c1-4-7-18(15-5-6-15)11-16-8-14(12-19-16)10-17-9-13(2)3/h4,8,12-13,15,17H,1,5-7,9-11H2,2-3H3. The number of nitrogens with one attached hydrogen (secondary N) is 1. The van der Waals surface area contributed by atoms with Crippen molar-refractivity contribution >= 4 is 0 Å². The van der Waals surface area contributed by atoms with Crippen LogP contribution >= 0.6 is 0 Å². The molecule has 106 valence electrons. The highest BCUT2D eigenvalue weighted by Crippen LogP contribution is 2.28. The van der Waals surface area contributed by atoms with E-state index in [1.54, 1.807) is 0 Å². The highest BCUT2D eigenvalue weighted by molar-refractivity contribution is 5.13. The summed E-state index contributed by atoms with van der Waals surface area (Å²) in [5.74, 6) is 1.75. The molecular formula is C16H26N2O. The van der Waals surface area contributed by atoms with Gasteiger partial charge in [-0.1, -0.05) is 19.9 Å². The number of rotatable bonds is 9. The first-order chi connectivity index (χ1) is 9.19. The molecule has 3 nitrogen and oxygen atoms in total. The molecule has 1 aliphatic rings. The van der Waals surface area contributed by atoms with Crippen molar-refractivity contribution in [2.24, 2.45) is 5.92 Å². The summed E-state index contributed by atoms with van der Waals surface area (Å²) < 4.78 is 5.66. The molecule has 0 spiro atoms. The largest absolute Gasteiger partial charge is 0.468 e. The van der Waals surface area contributed by atoms with Crippen LogP contribution < -0.4 is 5.32 Å². The van der Waals surface area contributed by atoms with E-state index < -0.39 is 0 Å². The molecule has 0 radical (unpaired) electrons. The minimum atomic E-state index is 0.685. The van der Waals surface area contributed by atoms with E-state index in [-0.39, 0.29) is 0 Å². The van der Waals surface area contributed by atoms with Crippen molar-refractivity contribution in [3.05, 3.63) is 36.3 Å². The van der Waals surface area contributed by atoms with Crippen molar-refractivity contribution < 1.29 is 4.42 Å². The van der Waals surface area contributed by atoms with Crippen molar-refractivity contribution in [3.8, 4) is 0 Å². The van der Waals surface area contributed by atoms with Crippen LogP contribution in [0.3, 0.4) is 0 Å². The van der Waals surface area contributed by atoms with Crippen LogP contribution in [0.5, 0.6) is 0 Å². The molecular weight excluding hydrogens is 236 g/mol. The lowest BCUT2D eigenvalue weighted by molar-refractivity contribution is 0.258. The minimum Gasteiger partial charge on any atom is -0.468 e. The van der Waals surface area contributed by atoms with Gasteiger partial charge in [0.05, 0.1) is 12.8 Å². The number of hydrogen-bond acceptors (Lipinski definition) is 3. The summed E-state index contributed by atoms with van der Waals surface area (Å²) in [6.07, 6.45) is 6.49. The van der Waals surface area contributed by atoms with Crippen molar-refractivity contribution in [3.63, 3.8) is 0 Å². The lowest BCUT2D eigenvalue weighted by atomic mass is 10.2. The summed E-state index contributed by atoms with van der Waals surface area (Å²) in [5.41, 5.74) is 1.24. The molecule has 0 amide bonds. The highest BCUT2D eigenvalue weighted by Gasteiger charge is 2.28. The maximum absolute atomic E-state index is 5.66. The van der Waals surface area contributed by atoms with Gasteiger partial charge in [-0.15, -0.1) is 6.58 Å². The minimum absolute atomic E-state index is 0.685. The van der Waals surface area contributed by atoms with E-state index in [0.29, 0.717) is 5.92 Å². The van der Waals surface area contributed by atoms with Crippen LogP contribution in [-0.4, -0.2) is 24.0 Å². The first kappa shape index (κ1) is 14.4. The van der Waals surface area contributed by atoms with E-state index in [9.17, 15) is 0 Å². The first-order valence-electron chi connectivity index (χ1n) is 7.31. The van der Waals surface area contributed by atoms with Crippen molar-refractivity contribution in [2.75, 3.05) is 13.1 Å². The van der Waals surface area contributed by atoms with Gasteiger partial charge in [0.15, 0.2) is 0 Å². The Bertz CT molecular complexity index is 393. The Kier molecular flexibility index (Phi) is 5.23. The van der Waals surface area contributed by atoms with Gasteiger partial charge in [-0.2, -0.15) is 0 Å². The van der Waals surface area contributed by atoms with Crippen LogP contribution in [0, 0.1) is 5.92 Å². The molecule has 1 aromatic heterocycles. The summed E-state index contributed by atoms with van der Waals surface area (Å²) >= 11 is 0.